The lowest BCUT2D eigenvalue weighted by Gasteiger charge is -2.25. The molecule has 2 aromatic rings. The van der Waals surface area contributed by atoms with Crippen molar-refractivity contribution in [2.24, 2.45) is 0 Å². The number of nitrogens with zero attached hydrogens (tertiary/aromatic N) is 2. The van der Waals surface area contributed by atoms with Crippen molar-refractivity contribution in [3.05, 3.63) is 57.1 Å². The van der Waals surface area contributed by atoms with Gasteiger partial charge in [0.1, 0.15) is 5.75 Å². The second-order valence-electron chi connectivity index (χ2n) is 5.19. The van der Waals surface area contributed by atoms with Crippen molar-refractivity contribution in [2.75, 3.05) is 18.0 Å². The minimum absolute atomic E-state index is 0.0979. The Morgan fingerprint density at radius 1 is 1.24 bits per heavy atom. The van der Waals surface area contributed by atoms with Crippen molar-refractivity contribution in [2.45, 2.75) is 18.7 Å². The third-order valence-corrected chi connectivity index (χ3v) is 5.78. The first-order chi connectivity index (χ1) is 11.7. The van der Waals surface area contributed by atoms with Gasteiger partial charge in [-0.2, -0.15) is 0 Å². The van der Waals surface area contributed by atoms with Crippen molar-refractivity contribution < 1.29 is 18.1 Å². The van der Waals surface area contributed by atoms with Gasteiger partial charge in [0.25, 0.3) is 15.7 Å². The Morgan fingerprint density at radius 3 is 2.48 bits per heavy atom. The third-order valence-electron chi connectivity index (χ3n) is 3.66. The number of benzene rings is 2. The zero-order valence-corrected chi connectivity index (χ0v) is 15.5. The Bertz CT molecular complexity index is 915. The van der Waals surface area contributed by atoms with E-state index >= 15 is 0 Å². The number of nitro benzene ring substituents is 1. The van der Waals surface area contributed by atoms with E-state index in [9.17, 15) is 18.5 Å². The number of hydrogen-bond acceptors (Lipinski definition) is 5. The molecular weight excluding hydrogens is 368 g/mol. The van der Waals surface area contributed by atoms with E-state index in [1.165, 1.54) is 25.3 Å². The molecule has 2 aromatic carbocycles. The maximum Gasteiger partial charge on any atom is 0.273 e. The van der Waals surface area contributed by atoms with Crippen molar-refractivity contribution in [1.82, 2.24) is 0 Å². The van der Waals surface area contributed by atoms with Crippen LogP contribution in [0.3, 0.4) is 0 Å². The number of ether oxygens (including phenoxy) is 1. The fourth-order valence-electron chi connectivity index (χ4n) is 2.40. The first kappa shape index (κ1) is 19.0. The standard InChI is InChI=1S/C16H17ClN2O5S/c1-4-18(15-9-12(17)6-8-16(15)24-3)25(22,23)13-7-5-11(2)14(10-13)19(20)21/h5-10H,4H2,1-3H3. The van der Waals surface area contributed by atoms with Gasteiger partial charge in [-0.05, 0) is 38.1 Å². The van der Waals surface area contributed by atoms with Crippen LogP contribution in [0.15, 0.2) is 41.3 Å². The molecule has 0 saturated carbocycles. The van der Waals surface area contributed by atoms with Crippen molar-refractivity contribution in [3.8, 4) is 5.75 Å². The van der Waals surface area contributed by atoms with Gasteiger partial charge in [-0.1, -0.05) is 17.7 Å². The molecule has 7 nitrogen and oxygen atoms in total. The fraction of sp³-hybridized carbons (Fsp3) is 0.250. The highest BCUT2D eigenvalue weighted by Crippen LogP contribution is 2.35. The average molecular weight is 385 g/mol. The van der Waals surface area contributed by atoms with Crippen LogP contribution in [-0.4, -0.2) is 27.0 Å². The van der Waals surface area contributed by atoms with E-state index in [0.29, 0.717) is 16.3 Å². The predicted molar refractivity (Wildman–Crippen MR) is 96.0 cm³/mol. The summed E-state index contributed by atoms with van der Waals surface area (Å²) >= 11 is 5.99. The van der Waals surface area contributed by atoms with E-state index in [-0.39, 0.29) is 22.8 Å². The highest BCUT2D eigenvalue weighted by atomic mass is 35.5. The normalized spacial score (nSPS) is 11.2. The summed E-state index contributed by atoms with van der Waals surface area (Å²) < 4.78 is 32.4. The second-order valence-corrected chi connectivity index (χ2v) is 7.49. The summed E-state index contributed by atoms with van der Waals surface area (Å²) in [6.45, 7) is 3.30. The number of sulfonamides is 1. The quantitative estimate of drug-likeness (QED) is 0.558. The zero-order chi connectivity index (χ0) is 18.8. The van der Waals surface area contributed by atoms with Gasteiger partial charge < -0.3 is 4.74 Å². The van der Waals surface area contributed by atoms with Crippen LogP contribution in [0.4, 0.5) is 11.4 Å². The van der Waals surface area contributed by atoms with Crippen LogP contribution in [-0.2, 0) is 10.0 Å². The van der Waals surface area contributed by atoms with Crippen LogP contribution >= 0.6 is 11.6 Å². The van der Waals surface area contributed by atoms with Crippen LogP contribution < -0.4 is 9.04 Å². The van der Waals surface area contributed by atoms with E-state index in [0.717, 1.165) is 10.4 Å². The Balaban J connectivity index is 2.63. The summed E-state index contributed by atoms with van der Waals surface area (Å²) in [6, 6.07) is 8.44. The first-order valence-corrected chi connectivity index (χ1v) is 9.15. The highest BCUT2D eigenvalue weighted by molar-refractivity contribution is 7.92. The van der Waals surface area contributed by atoms with Crippen molar-refractivity contribution in [3.63, 3.8) is 0 Å². The SMILES string of the molecule is CCN(c1cc(Cl)ccc1OC)S(=O)(=O)c1ccc(C)c([N+](=O)[O-])c1. The molecule has 0 aliphatic heterocycles. The monoisotopic (exact) mass is 384 g/mol. The van der Waals surface area contributed by atoms with E-state index < -0.39 is 14.9 Å². The highest BCUT2D eigenvalue weighted by Gasteiger charge is 2.28. The van der Waals surface area contributed by atoms with E-state index in [1.807, 2.05) is 0 Å². The van der Waals surface area contributed by atoms with Gasteiger partial charge >= 0.3 is 0 Å². The molecule has 25 heavy (non-hydrogen) atoms. The lowest BCUT2D eigenvalue weighted by molar-refractivity contribution is -0.385. The molecule has 0 radical (unpaired) electrons. The van der Waals surface area contributed by atoms with Gasteiger partial charge in [0.05, 0.1) is 22.6 Å². The number of anilines is 1. The molecule has 0 heterocycles. The minimum Gasteiger partial charge on any atom is -0.495 e. The molecule has 0 unspecified atom stereocenters. The Hall–Kier alpha value is -2.32. The molecular formula is C16H17ClN2O5S. The lowest BCUT2D eigenvalue weighted by atomic mass is 10.2. The number of methoxy groups -OCH3 is 1. The maximum atomic E-state index is 13.0. The Morgan fingerprint density at radius 2 is 1.92 bits per heavy atom. The van der Waals surface area contributed by atoms with Gasteiger partial charge in [0.15, 0.2) is 0 Å². The summed E-state index contributed by atoms with van der Waals surface area (Å²) in [5.41, 5.74) is 0.392. The molecule has 9 heteroatoms. The van der Waals surface area contributed by atoms with E-state index in [1.54, 1.807) is 26.0 Å². The Labute approximate surface area is 151 Å². The number of nitro groups is 1. The van der Waals surface area contributed by atoms with Gasteiger partial charge in [-0.3, -0.25) is 14.4 Å². The van der Waals surface area contributed by atoms with Gasteiger partial charge in [-0.15, -0.1) is 0 Å². The Kier molecular flexibility index (Phi) is 5.54. The molecule has 0 fully saturated rings. The van der Waals surface area contributed by atoms with Crippen molar-refractivity contribution >= 4 is 33.0 Å². The second kappa shape index (κ2) is 7.28. The van der Waals surface area contributed by atoms with E-state index in [4.69, 9.17) is 16.3 Å². The van der Waals surface area contributed by atoms with Crippen LogP contribution in [0.25, 0.3) is 0 Å². The molecule has 0 N–H and O–H groups in total. The smallest absolute Gasteiger partial charge is 0.273 e. The minimum atomic E-state index is -4.04. The topological polar surface area (TPSA) is 89.8 Å². The third kappa shape index (κ3) is 3.69. The maximum absolute atomic E-state index is 13.0. The molecule has 0 amide bonds. The van der Waals surface area contributed by atoms with Gasteiger partial charge in [-0.25, -0.2) is 8.42 Å². The summed E-state index contributed by atoms with van der Waals surface area (Å²) in [7, 11) is -2.62. The zero-order valence-electron chi connectivity index (χ0n) is 13.9. The van der Waals surface area contributed by atoms with Crippen molar-refractivity contribution in [1.29, 1.82) is 0 Å². The summed E-state index contributed by atoms with van der Waals surface area (Å²) in [5, 5.41) is 11.5. The number of aryl methyl sites for hydroxylation is 1. The van der Waals surface area contributed by atoms with Crippen LogP contribution in [0.5, 0.6) is 5.75 Å². The average Bonchev–Trinajstić information content (AvgIpc) is 2.55. The summed E-state index contributed by atoms with van der Waals surface area (Å²) in [4.78, 5) is 10.3. The molecule has 0 aliphatic rings. The van der Waals surface area contributed by atoms with Crippen LogP contribution in [0, 0.1) is 17.0 Å². The molecule has 0 spiro atoms. The van der Waals surface area contributed by atoms with Gasteiger partial charge in [0.2, 0.25) is 0 Å². The number of hydrogen-bond donors (Lipinski definition) is 0. The molecule has 2 rings (SSSR count). The predicted octanol–water partition coefficient (Wildman–Crippen LogP) is 3.78. The first-order valence-electron chi connectivity index (χ1n) is 7.33. The largest absolute Gasteiger partial charge is 0.495 e. The van der Waals surface area contributed by atoms with Crippen LogP contribution in [0.2, 0.25) is 5.02 Å². The molecule has 0 aromatic heterocycles. The van der Waals surface area contributed by atoms with E-state index in [2.05, 4.69) is 0 Å². The molecule has 0 aliphatic carbocycles. The summed E-state index contributed by atoms with van der Waals surface area (Å²) in [5.74, 6) is 0.330. The van der Waals surface area contributed by atoms with Crippen LogP contribution in [0.1, 0.15) is 12.5 Å². The fourth-order valence-corrected chi connectivity index (χ4v) is 4.06. The lowest BCUT2D eigenvalue weighted by Crippen LogP contribution is -2.31. The number of halogens is 1. The number of rotatable bonds is 6. The molecule has 134 valence electrons. The van der Waals surface area contributed by atoms with Gasteiger partial charge in [0, 0.05) is 23.2 Å². The summed E-state index contributed by atoms with van der Waals surface area (Å²) in [6.07, 6.45) is 0. The molecule has 0 saturated heterocycles. The molecule has 0 atom stereocenters. The molecule has 0 bridgehead atoms.